The summed E-state index contributed by atoms with van der Waals surface area (Å²) in [6.07, 6.45) is -4.46. The van der Waals surface area contributed by atoms with Gasteiger partial charge in [0.15, 0.2) is 0 Å². The van der Waals surface area contributed by atoms with Crippen LogP contribution in [0, 0.1) is 0 Å². The molecule has 0 fully saturated rings. The van der Waals surface area contributed by atoms with Crippen molar-refractivity contribution in [1.82, 2.24) is 15.3 Å². The van der Waals surface area contributed by atoms with Gasteiger partial charge in [-0.3, -0.25) is 9.59 Å². The summed E-state index contributed by atoms with van der Waals surface area (Å²) < 4.78 is 44.2. The van der Waals surface area contributed by atoms with Gasteiger partial charge in [0.25, 0.3) is 11.5 Å². The first-order valence-electron chi connectivity index (χ1n) is 9.06. The van der Waals surface area contributed by atoms with Crippen molar-refractivity contribution >= 4 is 5.91 Å². The number of ether oxygens (including phenoxy) is 1. The van der Waals surface area contributed by atoms with Crippen LogP contribution in [0.25, 0.3) is 11.4 Å². The van der Waals surface area contributed by atoms with Gasteiger partial charge in [0.1, 0.15) is 11.5 Å². The molecular weight excluding hydrogens is 399 g/mol. The number of rotatable bonds is 3. The largest absolute Gasteiger partial charge is 0.416 e. The topological polar surface area (TPSA) is 84.1 Å². The molecule has 2 N–H and O–H groups in total. The Morgan fingerprint density at radius 2 is 1.90 bits per heavy atom. The van der Waals surface area contributed by atoms with E-state index in [0.29, 0.717) is 16.7 Å². The monoisotopic (exact) mass is 415 g/mol. The van der Waals surface area contributed by atoms with Crippen molar-refractivity contribution in [1.29, 1.82) is 0 Å². The Hall–Kier alpha value is -3.46. The zero-order chi connectivity index (χ0) is 21.3. The minimum atomic E-state index is -4.46. The van der Waals surface area contributed by atoms with Crippen molar-refractivity contribution in [2.75, 3.05) is 6.61 Å². The fourth-order valence-corrected chi connectivity index (χ4v) is 3.28. The lowest BCUT2D eigenvalue weighted by atomic mass is 9.96. The first kappa shape index (κ1) is 19.8. The molecule has 2 heterocycles. The van der Waals surface area contributed by atoms with Gasteiger partial charge in [-0.1, -0.05) is 36.4 Å². The number of carbonyl (C=O) groups excluding carboxylic acids is 1. The Morgan fingerprint density at radius 1 is 1.13 bits per heavy atom. The fourth-order valence-electron chi connectivity index (χ4n) is 3.28. The maximum Gasteiger partial charge on any atom is 0.416 e. The second-order valence-electron chi connectivity index (χ2n) is 6.80. The van der Waals surface area contributed by atoms with Gasteiger partial charge >= 0.3 is 6.18 Å². The van der Waals surface area contributed by atoms with E-state index in [9.17, 15) is 22.8 Å². The summed E-state index contributed by atoms with van der Waals surface area (Å²) in [5.41, 5.74) is 0.151. The third-order valence-corrected chi connectivity index (χ3v) is 4.71. The van der Waals surface area contributed by atoms with E-state index in [0.717, 1.165) is 18.2 Å². The smallest absolute Gasteiger partial charge is 0.374 e. The number of nitrogens with zero attached hydrogens (tertiary/aromatic N) is 1. The number of hydrogen-bond donors (Lipinski definition) is 2. The highest BCUT2D eigenvalue weighted by molar-refractivity contribution is 5.92. The molecule has 6 nitrogen and oxygen atoms in total. The van der Waals surface area contributed by atoms with Crippen molar-refractivity contribution < 1.29 is 22.7 Å². The highest BCUT2D eigenvalue weighted by Gasteiger charge is 2.33. The number of aromatic nitrogens is 2. The normalized spacial score (nSPS) is 16.0. The molecule has 0 bridgehead atoms. The molecule has 0 aliphatic carbocycles. The van der Waals surface area contributed by atoms with Crippen LogP contribution in [0.15, 0.2) is 59.4 Å². The minimum Gasteiger partial charge on any atom is -0.374 e. The molecule has 1 atom stereocenters. The number of halogens is 3. The van der Waals surface area contributed by atoms with Crippen LogP contribution in [0.5, 0.6) is 0 Å². The van der Waals surface area contributed by atoms with E-state index in [1.54, 1.807) is 24.3 Å². The van der Waals surface area contributed by atoms with Crippen molar-refractivity contribution in [3.05, 3.63) is 87.3 Å². The van der Waals surface area contributed by atoms with Crippen LogP contribution in [0.4, 0.5) is 13.2 Å². The van der Waals surface area contributed by atoms with Gasteiger partial charge in [-0.15, -0.1) is 0 Å². The van der Waals surface area contributed by atoms with Crippen LogP contribution >= 0.6 is 0 Å². The number of fused-ring (bicyclic) bond motifs is 1. The highest BCUT2D eigenvalue weighted by Crippen LogP contribution is 2.33. The summed E-state index contributed by atoms with van der Waals surface area (Å²) >= 11 is 0. The molecule has 0 radical (unpaired) electrons. The van der Waals surface area contributed by atoms with E-state index in [2.05, 4.69) is 15.3 Å². The van der Waals surface area contributed by atoms with Gasteiger partial charge < -0.3 is 15.0 Å². The van der Waals surface area contributed by atoms with Crippen LogP contribution in [0.1, 0.15) is 33.2 Å². The predicted octanol–water partition coefficient (Wildman–Crippen LogP) is 3.46. The van der Waals surface area contributed by atoms with Gasteiger partial charge in [-0.05, 0) is 23.3 Å². The SMILES string of the molecule is O=C(N[C@@H]1COCc2cc(C(F)(F)F)ccc21)c1cc(=O)[nH]c(-c2ccccc2)n1. The first-order chi connectivity index (χ1) is 14.3. The zero-order valence-electron chi connectivity index (χ0n) is 15.5. The summed E-state index contributed by atoms with van der Waals surface area (Å²) in [7, 11) is 0. The molecule has 0 unspecified atom stereocenters. The average Bonchev–Trinajstić information content (AvgIpc) is 2.73. The van der Waals surface area contributed by atoms with Crippen LogP contribution < -0.4 is 10.9 Å². The Morgan fingerprint density at radius 3 is 2.63 bits per heavy atom. The molecule has 3 aromatic rings. The predicted molar refractivity (Wildman–Crippen MR) is 102 cm³/mol. The molecule has 154 valence electrons. The number of alkyl halides is 3. The lowest BCUT2D eigenvalue weighted by Gasteiger charge is -2.27. The zero-order valence-corrected chi connectivity index (χ0v) is 15.5. The van der Waals surface area contributed by atoms with Crippen molar-refractivity contribution in [2.45, 2.75) is 18.8 Å². The molecular formula is C21H16F3N3O3. The molecule has 0 saturated heterocycles. The summed E-state index contributed by atoms with van der Waals surface area (Å²) in [6, 6.07) is 12.6. The van der Waals surface area contributed by atoms with Crippen molar-refractivity contribution in [2.24, 2.45) is 0 Å². The Balaban J connectivity index is 1.60. The number of aromatic amines is 1. The number of benzene rings is 2. The number of nitrogens with one attached hydrogen (secondary N) is 2. The standard InChI is InChI=1S/C21H16F3N3O3/c22-21(23,24)14-6-7-15-13(8-14)10-30-11-17(15)26-20(29)16-9-18(28)27-19(25-16)12-4-2-1-3-5-12/h1-9,17H,10-11H2,(H,26,29)(H,25,27,28)/t17-/m1/s1. The summed E-state index contributed by atoms with van der Waals surface area (Å²) in [4.78, 5) is 31.5. The third kappa shape index (κ3) is 4.11. The van der Waals surface area contributed by atoms with E-state index >= 15 is 0 Å². The van der Waals surface area contributed by atoms with Gasteiger partial charge in [0.2, 0.25) is 0 Å². The molecule has 0 saturated carbocycles. The summed E-state index contributed by atoms with van der Waals surface area (Å²) in [5.74, 6) is -0.386. The molecule has 1 aliphatic rings. The van der Waals surface area contributed by atoms with E-state index in [4.69, 9.17) is 4.74 Å². The Kier molecular flexibility index (Phi) is 5.13. The molecule has 4 rings (SSSR count). The summed E-state index contributed by atoms with van der Waals surface area (Å²) in [5, 5.41) is 2.69. The summed E-state index contributed by atoms with van der Waals surface area (Å²) in [6.45, 7) is 0.117. The van der Waals surface area contributed by atoms with E-state index < -0.39 is 29.2 Å². The van der Waals surface area contributed by atoms with Crippen molar-refractivity contribution in [3.8, 4) is 11.4 Å². The van der Waals surface area contributed by atoms with Gasteiger partial charge in [-0.25, -0.2) is 4.98 Å². The van der Waals surface area contributed by atoms with Gasteiger partial charge in [0.05, 0.1) is 24.8 Å². The fraction of sp³-hybridized carbons (Fsp3) is 0.190. The van der Waals surface area contributed by atoms with E-state index in [1.165, 1.54) is 6.07 Å². The maximum atomic E-state index is 13.0. The second-order valence-corrected chi connectivity index (χ2v) is 6.80. The number of carbonyl (C=O) groups is 1. The Labute approximate surface area is 168 Å². The lowest BCUT2D eigenvalue weighted by Crippen LogP contribution is -2.35. The second kappa shape index (κ2) is 7.75. The van der Waals surface area contributed by atoms with Crippen LogP contribution in [0.3, 0.4) is 0 Å². The van der Waals surface area contributed by atoms with E-state index in [1.807, 2.05) is 6.07 Å². The molecule has 0 spiro atoms. The van der Waals surface area contributed by atoms with E-state index in [-0.39, 0.29) is 24.7 Å². The quantitative estimate of drug-likeness (QED) is 0.686. The molecule has 2 aromatic carbocycles. The van der Waals surface area contributed by atoms with Crippen LogP contribution in [-0.4, -0.2) is 22.5 Å². The number of amides is 1. The van der Waals surface area contributed by atoms with Gasteiger partial charge in [-0.2, -0.15) is 13.2 Å². The molecule has 30 heavy (non-hydrogen) atoms. The maximum absolute atomic E-state index is 13.0. The first-order valence-corrected chi connectivity index (χ1v) is 9.06. The third-order valence-electron chi connectivity index (χ3n) is 4.71. The van der Waals surface area contributed by atoms with Crippen molar-refractivity contribution in [3.63, 3.8) is 0 Å². The number of H-pyrrole nitrogens is 1. The highest BCUT2D eigenvalue weighted by atomic mass is 19.4. The minimum absolute atomic E-state index is 0.0209. The average molecular weight is 415 g/mol. The van der Waals surface area contributed by atoms with Gasteiger partial charge in [0, 0.05) is 11.6 Å². The molecule has 1 amide bonds. The van der Waals surface area contributed by atoms with Crippen LogP contribution in [-0.2, 0) is 17.5 Å². The van der Waals surface area contributed by atoms with Crippen LogP contribution in [0.2, 0.25) is 0 Å². The lowest BCUT2D eigenvalue weighted by molar-refractivity contribution is -0.137. The Bertz CT molecular complexity index is 1140. The number of hydrogen-bond acceptors (Lipinski definition) is 4. The molecule has 1 aliphatic heterocycles. The molecule has 1 aromatic heterocycles. The molecule has 9 heteroatoms.